The third kappa shape index (κ3) is 4.31. The Morgan fingerprint density at radius 3 is 2.87 bits per heavy atom. The molecule has 126 valence electrons. The highest BCUT2D eigenvalue weighted by Crippen LogP contribution is 2.18. The second-order valence-corrected chi connectivity index (χ2v) is 6.18. The van der Waals surface area contributed by atoms with Crippen molar-refractivity contribution >= 4 is 12.4 Å². The second kappa shape index (κ2) is 7.90. The van der Waals surface area contributed by atoms with Crippen molar-refractivity contribution < 1.29 is 4.52 Å². The number of aromatic nitrogens is 2. The molecule has 5 nitrogen and oxygen atoms in total. The number of nitrogens with one attached hydrogen (secondary N) is 1. The van der Waals surface area contributed by atoms with Crippen LogP contribution in [0.4, 0.5) is 0 Å². The Morgan fingerprint density at radius 1 is 1.30 bits per heavy atom. The fourth-order valence-electron chi connectivity index (χ4n) is 2.97. The SMILES string of the molecule is Cc1ccc(CCc2nc(C3CNCCN3C)no2)c(C)c1.Cl. The quantitative estimate of drug-likeness (QED) is 0.929. The van der Waals surface area contributed by atoms with Gasteiger partial charge in [-0.05, 0) is 38.4 Å². The van der Waals surface area contributed by atoms with E-state index >= 15 is 0 Å². The molecule has 1 aliphatic rings. The zero-order valence-electron chi connectivity index (χ0n) is 14.0. The van der Waals surface area contributed by atoms with E-state index in [1.54, 1.807) is 0 Å². The van der Waals surface area contributed by atoms with Gasteiger partial charge >= 0.3 is 0 Å². The van der Waals surface area contributed by atoms with Gasteiger partial charge in [0.15, 0.2) is 5.82 Å². The van der Waals surface area contributed by atoms with E-state index in [1.807, 2.05) is 0 Å². The zero-order valence-corrected chi connectivity index (χ0v) is 14.8. The summed E-state index contributed by atoms with van der Waals surface area (Å²) in [5.74, 6) is 1.53. The van der Waals surface area contributed by atoms with Crippen LogP contribution in [0.1, 0.15) is 34.4 Å². The third-order valence-electron chi connectivity index (χ3n) is 4.40. The fourth-order valence-corrected chi connectivity index (χ4v) is 2.97. The molecule has 1 aromatic carbocycles. The van der Waals surface area contributed by atoms with Crippen molar-refractivity contribution in [3.63, 3.8) is 0 Å². The molecule has 0 aliphatic carbocycles. The summed E-state index contributed by atoms with van der Waals surface area (Å²) in [4.78, 5) is 6.86. The van der Waals surface area contributed by atoms with Crippen LogP contribution in [0.15, 0.2) is 22.7 Å². The van der Waals surface area contributed by atoms with Crippen LogP contribution in [-0.4, -0.2) is 41.7 Å². The zero-order chi connectivity index (χ0) is 15.5. The van der Waals surface area contributed by atoms with Crippen molar-refractivity contribution in [2.24, 2.45) is 0 Å². The van der Waals surface area contributed by atoms with Crippen LogP contribution in [0.2, 0.25) is 0 Å². The molecule has 6 heteroatoms. The normalized spacial score (nSPS) is 18.7. The lowest BCUT2D eigenvalue weighted by atomic mass is 10.0. The summed E-state index contributed by atoms with van der Waals surface area (Å²) < 4.78 is 5.44. The summed E-state index contributed by atoms with van der Waals surface area (Å²) in [6, 6.07) is 6.79. The molecule has 0 radical (unpaired) electrons. The van der Waals surface area contributed by atoms with Crippen LogP contribution in [0.3, 0.4) is 0 Å². The molecule has 0 saturated carbocycles. The second-order valence-electron chi connectivity index (χ2n) is 6.18. The summed E-state index contributed by atoms with van der Waals surface area (Å²) in [7, 11) is 2.11. The lowest BCUT2D eigenvalue weighted by Crippen LogP contribution is -2.44. The first-order valence-electron chi connectivity index (χ1n) is 7.93. The molecule has 1 fully saturated rings. The Hall–Kier alpha value is -1.43. The third-order valence-corrected chi connectivity index (χ3v) is 4.40. The van der Waals surface area contributed by atoms with Crippen LogP contribution in [0, 0.1) is 13.8 Å². The summed E-state index contributed by atoms with van der Waals surface area (Å²) >= 11 is 0. The molecule has 1 aromatic heterocycles. The van der Waals surface area contributed by atoms with Gasteiger partial charge < -0.3 is 9.84 Å². The van der Waals surface area contributed by atoms with Crippen molar-refractivity contribution in [3.8, 4) is 0 Å². The maximum absolute atomic E-state index is 5.44. The van der Waals surface area contributed by atoms with Crippen molar-refractivity contribution in [2.75, 3.05) is 26.7 Å². The molecule has 1 saturated heterocycles. The van der Waals surface area contributed by atoms with Gasteiger partial charge in [-0.25, -0.2) is 0 Å². The first-order chi connectivity index (χ1) is 10.6. The number of benzene rings is 1. The summed E-state index contributed by atoms with van der Waals surface area (Å²) in [5.41, 5.74) is 3.98. The van der Waals surface area contributed by atoms with E-state index in [-0.39, 0.29) is 18.4 Å². The van der Waals surface area contributed by atoms with Crippen LogP contribution in [-0.2, 0) is 12.8 Å². The Morgan fingerprint density at radius 2 is 2.13 bits per heavy atom. The first-order valence-corrected chi connectivity index (χ1v) is 7.93. The molecule has 0 bridgehead atoms. The van der Waals surface area contributed by atoms with Gasteiger partial charge in [0.25, 0.3) is 0 Å². The predicted molar refractivity (Wildman–Crippen MR) is 93.1 cm³/mol. The standard InChI is InChI=1S/C17H24N4O.ClH/c1-12-4-5-14(13(2)10-12)6-7-16-19-17(20-22-16)15-11-18-8-9-21(15)3;/h4-5,10,15,18H,6-9,11H2,1-3H3;1H. The fraction of sp³-hybridized carbons (Fsp3) is 0.529. The van der Waals surface area contributed by atoms with Gasteiger partial charge in [0.1, 0.15) is 0 Å². The maximum Gasteiger partial charge on any atom is 0.227 e. The predicted octanol–water partition coefficient (Wildman–Crippen LogP) is 2.47. The van der Waals surface area contributed by atoms with Crippen molar-refractivity contribution in [1.29, 1.82) is 0 Å². The molecule has 3 rings (SSSR count). The highest BCUT2D eigenvalue weighted by atomic mass is 35.5. The van der Waals surface area contributed by atoms with E-state index in [4.69, 9.17) is 4.52 Å². The molecule has 1 unspecified atom stereocenters. The Balaban J connectivity index is 0.00000192. The van der Waals surface area contributed by atoms with Crippen LogP contribution in [0.5, 0.6) is 0 Å². The molecular weight excluding hydrogens is 312 g/mol. The molecular formula is C17H25ClN4O. The lowest BCUT2D eigenvalue weighted by Gasteiger charge is -2.30. The number of nitrogens with zero attached hydrogens (tertiary/aromatic N) is 3. The smallest absolute Gasteiger partial charge is 0.227 e. The molecule has 1 atom stereocenters. The van der Waals surface area contributed by atoms with Crippen LogP contribution < -0.4 is 5.32 Å². The number of likely N-dealkylation sites (N-methyl/N-ethyl adjacent to an activating group) is 1. The molecule has 1 N–H and O–H groups in total. The van der Waals surface area contributed by atoms with Gasteiger partial charge in [-0.3, -0.25) is 4.90 Å². The molecule has 2 heterocycles. The maximum atomic E-state index is 5.44. The van der Waals surface area contributed by atoms with Gasteiger partial charge in [0.05, 0.1) is 6.04 Å². The van der Waals surface area contributed by atoms with Gasteiger partial charge in [0, 0.05) is 26.1 Å². The van der Waals surface area contributed by atoms with E-state index in [2.05, 4.69) is 59.5 Å². The number of hydrogen-bond donors (Lipinski definition) is 1. The summed E-state index contributed by atoms with van der Waals surface area (Å²) in [6.45, 7) is 7.19. The Kier molecular flexibility index (Phi) is 6.16. The van der Waals surface area contributed by atoms with E-state index in [0.29, 0.717) is 0 Å². The highest BCUT2D eigenvalue weighted by molar-refractivity contribution is 5.85. The lowest BCUT2D eigenvalue weighted by molar-refractivity contribution is 0.190. The van der Waals surface area contributed by atoms with Crippen LogP contribution >= 0.6 is 12.4 Å². The minimum Gasteiger partial charge on any atom is -0.339 e. The van der Waals surface area contributed by atoms with Crippen LogP contribution in [0.25, 0.3) is 0 Å². The minimum atomic E-state index is 0. The molecule has 0 spiro atoms. The molecule has 2 aromatic rings. The number of aryl methyl sites for hydroxylation is 4. The van der Waals surface area contributed by atoms with Gasteiger partial charge in [-0.2, -0.15) is 4.98 Å². The monoisotopic (exact) mass is 336 g/mol. The summed E-state index contributed by atoms with van der Waals surface area (Å²) in [6.07, 6.45) is 1.73. The van der Waals surface area contributed by atoms with Gasteiger partial charge in [-0.1, -0.05) is 28.9 Å². The number of piperazine rings is 1. The average Bonchev–Trinajstić information content (AvgIpc) is 2.95. The first kappa shape index (κ1) is 17.9. The van der Waals surface area contributed by atoms with Crippen molar-refractivity contribution in [2.45, 2.75) is 32.7 Å². The van der Waals surface area contributed by atoms with E-state index in [9.17, 15) is 0 Å². The van der Waals surface area contributed by atoms with Gasteiger partial charge in [-0.15, -0.1) is 12.4 Å². The molecule has 0 amide bonds. The Bertz CT molecular complexity index is 643. The van der Waals surface area contributed by atoms with Crippen molar-refractivity contribution in [3.05, 3.63) is 46.6 Å². The highest BCUT2D eigenvalue weighted by Gasteiger charge is 2.25. The summed E-state index contributed by atoms with van der Waals surface area (Å²) in [5, 5.41) is 7.55. The molecule has 1 aliphatic heterocycles. The number of halogens is 1. The van der Waals surface area contributed by atoms with Crippen molar-refractivity contribution in [1.82, 2.24) is 20.4 Å². The number of hydrogen-bond acceptors (Lipinski definition) is 5. The average molecular weight is 337 g/mol. The van der Waals surface area contributed by atoms with E-state index < -0.39 is 0 Å². The topological polar surface area (TPSA) is 54.2 Å². The van der Waals surface area contributed by atoms with E-state index in [1.165, 1.54) is 16.7 Å². The molecule has 23 heavy (non-hydrogen) atoms. The minimum absolute atomic E-state index is 0. The largest absolute Gasteiger partial charge is 0.339 e. The Labute approximate surface area is 143 Å². The van der Waals surface area contributed by atoms with E-state index in [0.717, 1.165) is 44.2 Å². The van der Waals surface area contributed by atoms with Gasteiger partial charge in [0.2, 0.25) is 5.89 Å². The number of rotatable bonds is 4.